The van der Waals surface area contributed by atoms with Gasteiger partial charge < -0.3 is 9.84 Å². The number of benzene rings is 2. The van der Waals surface area contributed by atoms with Crippen LogP contribution in [0.4, 0.5) is 32.2 Å². The lowest BCUT2D eigenvalue weighted by Crippen LogP contribution is -2.07. The fraction of sp³-hybridized carbons (Fsp3) is 0.150. The lowest BCUT2D eigenvalue weighted by molar-refractivity contribution is -0.137. The number of aromatic nitrogens is 2. The molecule has 0 aliphatic rings. The Bertz CT molecular complexity index is 1330. The smallest absolute Gasteiger partial charge is 0.446 e. The first-order chi connectivity index (χ1) is 16.2. The van der Waals surface area contributed by atoms with E-state index in [0.29, 0.717) is 16.8 Å². The molecule has 0 radical (unpaired) electrons. The molecule has 0 unspecified atom stereocenters. The van der Waals surface area contributed by atoms with Crippen molar-refractivity contribution in [3.8, 4) is 23.3 Å². The molecular formula is C20H10Cl2F6N4O2S. The fourth-order valence-corrected chi connectivity index (χ4v) is 4.08. The molecule has 0 saturated carbocycles. The van der Waals surface area contributed by atoms with Crippen LogP contribution in [0.2, 0.25) is 10.0 Å². The van der Waals surface area contributed by atoms with Gasteiger partial charge >= 0.3 is 11.7 Å². The van der Waals surface area contributed by atoms with Crippen LogP contribution < -0.4 is 4.74 Å². The minimum atomic E-state index is -4.86. The molecule has 3 rings (SSSR count). The van der Waals surface area contributed by atoms with E-state index in [1.165, 1.54) is 31.4 Å². The van der Waals surface area contributed by atoms with Crippen LogP contribution >= 0.6 is 35.0 Å². The van der Waals surface area contributed by atoms with Crippen molar-refractivity contribution in [3.05, 3.63) is 57.2 Å². The Morgan fingerprint density at radius 1 is 1.14 bits per heavy atom. The van der Waals surface area contributed by atoms with E-state index in [-0.39, 0.29) is 17.1 Å². The number of phenolic OH excluding ortho intramolecular Hbond substituents is 1. The van der Waals surface area contributed by atoms with Gasteiger partial charge in [-0.25, -0.2) is 9.67 Å². The van der Waals surface area contributed by atoms with Crippen LogP contribution in [0.5, 0.6) is 11.5 Å². The molecule has 1 heterocycles. The van der Waals surface area contributed by atoms with Gasteiger partial charge in [0, 0.05) is 6.21 Å². The second-order valence-electron chi connectivity index (χ2n) is 6.55. The van der Waals surface area contributed by atoms with E-state index in [0.717, 1.165) is 6.21 Å². The van der Waals surface area contributed by atoms with Crippen molar-refractivity contribution in [2.24, 2.45) is 4.99 Å². The quantitative estimate of drug-likeness (QED) is 0.206. The molecule has 2 aromatic carbocycles. The maximum atomic E-state index is 13.2. The van der Waals surface area contributed by atoms with Gasteiger partial charge in [-0.15, -0.1) is 0 Å². The topological polar surface area (TPSA) is 83.4 Å². The number of rotatable bonds is 5. The van der Waals surface area contributed by atoms with Crippen LogP contribution in [0.3, 0.4) is 0 Å². The first-order valence-corrected chi connectivity index (χ1v) is 10.6. The summed E-state index contributed by atoms with van der Waals surface area (Å²) in [7, 11) is 1.27. The summed E-state index contributed by atoms with van der Waals surface area (Å²) in [6.07, 6.45) is -3.73. The third-order valence-corrected chi connectivity index (χ3v) is 5.63. The number of thioether (sulfide) groups is 1. The van der Waals surface area contributed by atoms with E-state index < -0.39 is 61.1 Å². The minimum Gasteiger partial charge on any atom is -0.504 e. The van der Waals surface area contributed by atoms with E-state index >= 15 is 0 Å². The van der Waals surface area contributed by atoms with Gasteiger partial charge in [0.15, 0.2) is 23.0 Å². The second-order valence-corrected chi connectivity index (χ2v) is 8.44. The molecule has 1 N–H and O–H groups in total. The summed E-state index contributed by atoms with van der Waals surface area (Å²) < 4.78 is 84.7. The fourth-order valence-electron chi connectivity index (χ4n) is 2.79. The zero-order valence-electron chi connectivity index (χ0n) is 17.0. The molecule has 0 aliphatic heterocycles. The molecule has 0 atom stereocenters. The molecule has 0 bridgehead atoms. The van der Waals surface area contributed by atoms with Crippen molar-refractivity contribution >= 4 is 47.0 Å². The van der Waals surface area contributed by atoms with Gasteiger partial charge in [0.25, 0.3) is 0 Å². The summed E-state index contributed by atoms with van der Waals surface area (Å²) in [5.41, 5.74) is -6.93. The van der Waals surface area contributed by atoms with E-state index in [2.05, 4.69) is 10.1 Å². The molecule has 0 fully saturated rings. The van der Waals surface area contributed by atoms with Crippen LogP contribution in [0.25, 0.3) is 5.69 Å². The predicted molar refractivity (Wildman–Crippen MR) is 117 cm³/mol. The van der Waals surface area contributed by atoms with E-state index in [4.69, 9.17) is 27.9 Å². The molecule has 0 spiro atoms. The van der Waals surface area contributed by atoms with E-state index in [1.807, 2.05) is 0 Å². The summed E-state index contributed by atoms with van der Waals surface area (Å²) in [4.78, 5) is 3.26. The Hall–Kier alpha value is -3.08. The Balaban J connectivity index is 2.26. The lowest BCUT2D eigenvalue weighted by atomic mass is 10.2. The van der Waals surface area contributed by atoms with Crippen LogP contribution in [0.1, 0.15) is 16.8 Å². The van der Waals surface area contributed by atoms with E-state index in [9.17, 15) is 36.7 Å². The predicted octanol–water partition coefficient (Wildman–Crippen LogP) is 7.15. The first-order valence-electron chi connectivity index (χ1n) is 9.01. The van der Waals surface area contributed by atoms with Gasteiger partial charge in [-0.1, -0.05) is 23.2 Å². The second kappa shape index (κ2) is 9.88. The number of aromatic hydroxyl groups is 1. The summed E-state index contributed by atoms with van der Waals surface area (Å²) >= 11 is 11.3. The average molecular weight is 555 g/mol. The molecule has 6 nitrogen and oxygen atoms in total. The van der Waals surface area contributed by atoms with Gasteiger partial charge in [0.2, 0.25) is 0 Å². The number of methoxy groups -OCH3 is 1. The molecule has 1 aromatic heterocycles. The lowest BCUT2D eigenvalue weighted by Gasteiger charge is -2.13. The molecular weight excluding hydrogens is 545 g/mol. The number of hydrogen-bond acceptors (Lipinski definition) is 6. The minimum absolute atomic E-state index is 0.0406. The van der Waals surface area contributed by atoms with Crippen molar-refractivity contribution in [3.63, 3.8) is 0 Å². The monoisotopic (exact) mass is 554 g/mol. The molecule has 35 heavy (non-hydrogen) atoms. The van der Waals surface area contributed by atoms with Gasteiger partial charge in [-0.2, -0.15) is 36.7 Å². The van der Waals surface area contributed by atoms with Crippen molar-refractivity contribution in [2.45, 2.75) is 16.6 Å². The molecule has 0 aliphatic carbocycles. The van der Waals surface area contributed by atoms with Crippen LogP contribution in [0, 0.1) is 11.3 Å². The molecule has 15 heteroatoms. The maximum Gasteiger partial charge on any atom is 0.446 e. The zero-order valence-corrected chi connectivity index (χ0v) is 19.4. The van der Waals surface area contributed by atoms with Crippen LogP contribution in [-0.4, -0.2) is 33.7 Å². The van der Waals surface area contributed by atoms with Crippen molar-refractivity contribution in [1.82, 2.24) is 9.78 Å². The number of nitriles is 1. The SMILES string of the molecule is COc1cc(/C=N/c2c(SC(F)(F)F)c(C#N)nn2-c2c(Cl)cc(C(F)(F)F)cc2Cl)ccc1O. The van der Waals surface area contributed by atoms with Crippen LogP contribution in [-0.2, 0) is 6.18 Å². The average Bonchev–Trinajstić information content (AvgIpc) is 3.07. The Morgan fingerprint density at radius 3 is 2.29 bits per heavy atom. The number of nitrogens with zero attached hydrogens (tertiary/aromatic N) is 4. The Morgan fingerprint density at radius 2 is 1.77 bits per heavy atom. The normalized spacial score (nSPS) is 12.2. The molecule has 184 valence electrons. The third kappa shape index (κ3) is 5.95. The standard InChI is InChI=1S/C20H10Cl2F6N4O2S/c1-34-15-4-9(2-3-14(15)33)8-30-18-17(35-20(26,27)28)13(7-29)31-32(18)16-11(21)5-10(6-12(16)22)19(23,24)25/h2-6,8,33H,1H3/b30-8+. The molecule has 3 aromatic rings. The maximum absolute atomic E-state index is 13.2. The number of aliphatic imine (C=N–C) groups is 1. The summed E-state index contributed by atoms with van der Waals surface area (Å²) in [5, 5.41) is 21.6. The molecule has 0 amide bonds. The number of halogens is 8. The van der Waals surface area contributed by atoms with Gasteiger partial charge in [0.05, 0.1) is 27.6 Å². The van der Waals surface area contributed by atoms with Crippen molar-refractivity contribution in [2.75, 3.05) is 7.11 Å². The highest BCUT2D eigenvalue weighted by molar-refractivity contribution is 8.00. The highest BCUT2D eigenvalue weighted by Crippen LogP contribution is 2.46. The summed E-state index contributed by atoms with van der Waals surface area (Å²) in [6, 6.07) is 6.46. The highest BCUT2D eigenvalue weighted by atomic mass is 35.5. The van der Waals surface area contributed by atoms with Crippen molar-refractivity contribution < 1.29 is 36.2 Å². The molecule has 0 saturated heterocycles. The van der Waals surface area contributed by atoms with Crippen LogP contribution in [0.15, 0.2) is 40.2 Å². The van der Waals surface area contributed by atoms with E-state index in [1.54, 1.807) is 0 Å². The van der Waals surface area contributed by atoms with Crippen molar-refractivity contribution in [1.29, 1.82) is 5.26 Å². The zero-order chi connectivity index (χ0) is 26.1. The largest absolute Gasteiger partial charge is 0.504 e. The Labute approximate surface area is 207 Å². The highest BCUT2D eigenvalue weighted by Gasteiger charge is 2.36. The van der Waals surface area contributed by atoms with Gasteiger partial charge in [-0.05, 0) is 47.7 Å². The summed E-state index contributed by atoms with van der Waals surface area (Å²) in [5.74, 6) is -0.739. The summed E-state index contributed by atoms with van der Waals surface area (Å²) in [6.45, 7) is 0. The number of alkyl halides is 6. The third-order valence-electron chi connectivity index (χ3n) is 4.24. The first kappa shape index (κ1) is 26.5. The number of phenols is 1. The Kier molecular flexibility index (Phi) is 7.49. The van der Waals surface area contributed by atoms with Gasteiger partial charge in [-0.3, -0.25) is 0 Å². The number of hydrogen-bond donors (Lipinski definition) is 1. The number of ether oxygens (including phenoxy) is 1. The van der Waals surface area contributed by atoms with Gasteiger partial charge in [0.1, 0.15) is 11.8 Å².